The van der Waals surface area contributed by atoms with Gasteiger partial charge in [-0.25, -0.2) is 0 Å². The molecule has 0 radical (unpaired) electrons. The van der Waals surface area contributed by atoms with Crippen LogP contribution in [0.2, 0.25) is 0 Å². The van der Waals surface area contributed by atoms with Gasteiger partial charge < -0.3 is 15.7 Å². The summed E-state index contributed by atoms with van der Waals surface area (Å²) in [5.74, 6) is -2.94. The van der Waals surface area contributed by atoms with Gasteiger partial charge in [0.1, 0.15) is 16.9 Å². The summed E-state index contributed by atoms with van der Waals surface area (Å²) in [5.41, 5.74) is -2.87. The molecule has 2 amide bonds. The van der Waals surface area contributed by atoms with Crippen LogP contribution in [0.3, 0.4) is 0 Å². The van der Waals surface area contributed by atoms with Crippen LogP contribution in [-0.2, 0) is 9.59 Å². The van der Waals surface area contributed by atoms with Gasteiger partial charge in [-0.2, -0.15) is 0 Å². The van der Waals surface area contributed by atoms with Crippen molar-refractivity contribution >= 4 is 46.3 Å². The number of hydrogen-bond donors (Lipinski definition) is 3. The van der Waals surface area contributed by atoms with E-state index < -0.39 is 55.0 Å². The highest BCUT2D eigenvalue weighted by atomic mass is 16.6. The van der Waals surface area contributed by atoms with E-state index in [1.165, 1.54) is 42.5 Å². The molecule has 3 N–H and O–H groups in total. The molecule has 0 aliphatic heterocycles. The Morgan fingerprint density at radius 1 is 0.694 bits per heavy atom. The number of anilines is 2. The molecule has 0 aliphatic carbocycles. The van der Waals surface area contributed by atoms with Crippen LogP contribution in [0.1, 0.15) is 5.56 Å². The van der Waals surface area contributed by atoms with E-state index in [9.17, 15) is 45.0 Å². The molecule has 0 unspecified atom stereocenters. The summed E-state index contributed by atoms with van der Waals surface area (Å²) in [6, 6.07) is 13.3. The van der Waals surface area contributed by atoms with Crippen LogP contribution in [0.4, 0.5) is 28.4 Å². The molecule has 0 aliphatic rings. The number of rotatable bonds is 8. The standard InChI is InChI=1S/C22H15N5O9/c28-20-10-9-13(12-19(20)27(35)36)11-14(21(29)23-15-5-1-3-7-17(15)25(31)32)22(30)24-16-6-2-4-8-18(16)26(33)34/h1-12,28H,(H,23,29)(H,24,30). The molecule has 0 saturated heterocycles. The lowest BCUT2D eigenvalue weighted by Crippen LogP contribution is -2.26. The smallest absolute Gasteiger partial charge is 0.311 e. The Balaban J connectivity index is 2.07. The van der Waals surface area contributed by atoms with Crippen LogP contribution in [0.5, 0.6) is 5.75 Å². The molecule has 0 spiro atoms. The van der Waals surface area contributed by atoms with Crippen molar-refractivity contribution in [1.29, 1.82) is 0 Å². The fourth-order valence-corrected chi connectivity index (χ4v) is 3.03. The summed E-state index contributed by atoms with van der Waals surface area (Å²) in [6.07, 6.45) is 0.931. The first-order valence-electron chi connectivity index (χ1n) is 9.87. The largest absolute Gasteiger partial charge is 0.502 e. The Morgan fingerprint density at radius 2 is 1.14 bits per heavy atom. The number of benzene rings is 3. The van der Waals surface area contributed by atoms with Crippen LogP contribution in [0, 0.1) is 30.3 Å². The zero-order chi connectivity index (χ0) is 26.4. The fraction of sp³-hybridized carbons (Fsp3) is 0. The lowest BCUT2D eigenvalue weighted by molar-refractivity contribution is -0.385. The Bertz CT molecular complexity index is 1360. The molecule has 0 saturated carbocycles. The molecule has 36 heavy (non-hydrogen) atoms. The van der Waals surface area contributed by atoms with E-state index in [2.05, 4.69) is 10.6 Å². The second-order valence-electron chi connectivity index (χ2n) is 7.02. The zero-order valence-corrected chi connectivity index (χ0v) is 18.0. The number of phenols is 1. The Kier molecular flexibility index (Phi) is 7.29. The Morgan fingerprint density at radius 3 is 1.58 bits per heavy atom. The minimum absolute atomic E-state index is 0.0510. The topological polar surface area (TPSA) is 208 Å². The monoisotopic (exact) mass is 493 g/mol. The fourth-order valence-electron chi connectivity index (χ4n) is 3.03. The van der Waals surface area contributed by atoms with E-state index in [-0.39, 0.29) is 16.9 Å². The summed E-state index contributed by atoms with van der Waals surface area (Å²) in [7, 11) is 0. The van der Waals surface area contributed by atoms with E-state index in [0.29, 0.717) is 0 Å². The summed E-state index contributed by atoms with van der Waals surface area (Å²) in [4.78, 5) is 57.4. The van der Waals surface area contributed by atoms with Gasteiger partial charge in [-0.1, -0.05) is 30.3 Å². The number of amides is 2. The number of aromatic hydroxyl groups is 1. The summed E-state index contributed by atoms with van der Waals surface area (Å²) < 4.78 is 0. The van der Waals surface area contributed by atoms with Gasteiger partial charge in [-0.05, 0) is 29.8 Å². The van der Waals surface area contributed by atoms with Crippen LogP contribution >= 0.6 is 0 Å². The highest BCUT2D eigenvalue weighted by Gasteiger charge is 2.25. The molecule has 3 aromatic carbocycles. The molecule has 14 heteroatoms. The minimum Gasteiger partial charge on any atom is -0.502 e. The Hall–Kier alpha value is -5.66. The van der Waals surface area contributed by atoms with E-state index in [0.717, 1.165) is 30.3 Å². The van der Waals surface area contributed by atoms with Crippen LogP contribution in [0.25, 0.3) is 6.08 Å². The van der Waals surface area contributed by atoms with Gasteiger partial charge in [0.2, 0.25) is 0 Å². The SMILES string of the molecule is O=C(Nc1ccccc1[N+](=O)[O-])C(=Cc1ccc(O)c([N+](=O)[O-])c1)C(=O)Nc1ccccc1[N+](=O)[O-]. The number of nitrogens with zero attached hydrogens (tertiary/aromatic N) is 3. The minimum atomic E-state index is -1.14. The van der Waals surface area contributed by atoms with Crippen LogP contribution < -0.4 is 10.6 Å². The van der Waals surface area contributed by atoms with Gasteiger partial charge in [0, 0.05) is 18.2 Å². The third-order valence-electron chi connectivity index (χ3n) is 4.69. The first kappa shape index (κ1) is 25.0. The predicted octanol–water partition coefficient (Wildman–Crippen LogP) is 3.78. The van der Waals surface area contributed by atoms with Gasteiger partial charge in [0.05, 0.1) is 14.8 Å². The summed E-state index contributed by atoms with van der Waals surface area (Å²) in [5, 5.41) is 47.9. The molecule has 0 bridgehead atoms. The predicted molar refractivity (Wildman–Crippen MR) is 126 cm³/mol. The average molecular weight is 493 g/mol. The molecule has 0 aromatic heterocycles. The van der Waals surface area contributed by atoms with Crippen molar-refractivity contribution in [3.8, 4) is 5.75 Å². The summed E-state index contributed by atoms with van der Waals surface area (Å²) in [6.45, 7) is 0. The molecular weight excluding hydrogens is 478 g/mol. The van der Waals surface area contributed by atoms with Crippen molar-refractivity contribution in [2.45, 2.75) is 0 Å². The maximum Gasteiger partial charge on any atom is 0.311 e. The molecule has 0 fully saturated rings. The second kappa shape index (κ2) is 10.5. The molecule has 182 valence electrons. The van der Waals surface area contributed by atoms with Crippen LogP contribution in [0.15, 0.2) is 72.3 Å². The van der Waals surface area contributed by atoms with Crippen molar-refractivity contribution in [3.05, 3.63) is 108 Å². The number of carbonyl (C=O) groups excluding carboxylic acids is 2. The molecular formula is C22H15N5O9. The van der Waals surface area contributed by atoms with Crippen molar-refractivity contribution in [2.24, 2.45) is 0 Å². The van der Waals surface area contributed by atoms with Crippen molar-refractivity contribution in [3.63, 3.8) is 0 Å². The number of nitro groups is 3. The van der Waals surface area contributed by atoms with Crippen molar-refractivity contribution in [1.82, 2.24) is 0 Å². The molecule has 14 nitrogen and oxygen atoms in total. The lowest BCUT2D eigenvalue weighted by atomic mass is 10.1. The maximum atomic E-state index is 13.0. The van der Waals surface area contributed by atoms with E-state index >= 15 is 0 Å². The quantitative estimate of drug-likeness (QED) is 0.137. The average Bonchev–Trinajstić information content (AvgIpc) is 2.83. The summed E-state index contributed by atoms with van der Waals surface area (Å²) >= 11 is 0. The number of carbonyl (C=O) groups is 2. The van der Waals surface area contributed by atoms with Crippen molar-refractivity contribution < 1.29 is 29.5 Å². The lowest BCUT2D eigenvalue weighted by Gasteiger charge is -2.11. The second-order valence-corrected chi connectivity index (χ2v) is 7.02. The van der Waals surface area contributed by atoms with E-state index in [1.807, 2.05) is 0 Å². The van der Waals surface area contributed by atoms with E-state index in [1.54, 1.807) is 0 Å². The molecule has 3 rings (SSSR count). The molecule has 0 atom stereocenters. The first-order chi connectivity index (χ1) is 17.1. The third-order valence-corrected chi connectivity index (χ3v) is 4.69. The highest BCUT2D eigenvalue weighted by molar-refractivity contribution is 6.29. The van der Waals surface area contributed by atoms with Crippen LogP contribution in [-0.4, -0.2) is 31.7 Å². The normalized spacial score (nSPS) is 10.1. The number of nitrogens with one attached hydrogen (secondary N) is 2. The number of phenolic OH excluding ortho intramolecular Hbond substituents is 1. The number of hydrogen-bond acceptors (Lipinski definition) is 9. The highest BCUT2D eigenvalue weighted by Crippen LogP contribution is 2.29. The van der Waals surface area contributed by atoms with Gasteiger partial charge in [0.25, 0.3) is 23.2 Å². The number of para-hydroxylation sites is 4. The van der Waals surface area contributed by atoms with Gasteiger partial charge in [-0.3, -0.25) is 39.9 Å². The third kappa shape index (κ3) is 5.63. The van der Waals surface area contributed by atoms with Crippen molar-refractivity contribution in [2.75, 3.05) is 10.6 Å². The van der Waals surface area contributed by atoms with Gasteiger partial charge in [0.15, 0.2) is 5.75 Å². The van der Waals surface area contributed by atoms with Gasteiger partial charge >= 0.3 is 5.69 Å². The zero-order valence-electron chi connectivity index (χ0n) is 18.0. The first-order valence-corrected chi connectivity index (χ1v) is 9.87. The molecule has 3 aromatic rings. The van der Waals surface area contributed by atoms with Gasteiger partial charge in [-0.15, -0.1) is 0 Å². The maximum absolute atomic E-state index is 13.0. The Labute approximate surface area is 200 Å². The van der Waals surface area contributed by atoms with E-state index in [4.69, 9.17) is 0 Å². The number of nitro benzene ring substituents is 3. The molecule has 0 heterocycles.